The zero-order valence-corrected chi connectivity index (χ0v) is 11.1. The summed E-state index contributed by atoms with van der Waals surface area (Å²) in [6.45, 7) is 4.12. The van der Waals surface area contributed by atoms with Gasteiger partial charge in [0, 0.05) is 18.7 Å². The number of carbonyl (C=O) groups is 2. The van der Waals surface area contributed by atoms with Gasteiger partial charge in [-0.05, 0) is 36.1 Å². The number of rotatable bonds is 6. The molecule has 1 heterocycles. The van der Waals surface area contributed by atoms with Gasteiger partial charge in [-0.2, -0.15) is 0 Å². The molecular weight excluding hydrogens is 244 g/mol. The number of pyridine rings is 1. The van der Waals surface area contributed by atoms with Crippen molar-refractivity contribution < 1.29 is 14.7 Å². The van der Waals surface area contributed by atoms with Gasteiger partial charge < -0.3 is 10.4 Å². The summed E-state index contributed by atoms with van der Waals surface area (Å²) in [7, 11) is 0. The molecule has 1 aromatic rings. The van der Waals surface area contributed by atoms with Crippen LogP contribution in [0.4, 0.5) is 5.82 Å². The van der Waals surface area contributed by atoms with Gasteiger partial charge in [0.2, 0.25) is 5.91 Å². The first-order valence-corrected chi connectivity index (χ1v) is 6.14. The molecule has 0 saturated carbocycles. The highest BCUT2D eigenvalue weighted by Gasteiger charge is 2.05. The Morgan fingerprint density at radius 3 is 2.84 bits per heavy atom. The van der Waals surface area contributed by atoms with Crippen LogP contribution in [0.15, 0.2) is 24.4 Å². The van der Waals surface area contributed by atoms with Crippen molar-refractivity contribution in [2.45, 2.75) is 26.7 Å². The Hall–Kier alpha value is -2.17. The zero-order chi connectivity index (χ0) is 14.3. The summed E-state index contributed by atoms with van der Waals surface area (Å²) in [4.78, 5) is 26.1. The van der Waals surface area contributed by atoms with Crippen LogP contribution >= 0.6 is 0 Å². The molecule has 102 valence electrons. The highest BCUT2D eigenvalue weighted by Crippen LogP contribution is 2.10. The SMILES string of the molecule is CC(C)CCC(=O)Nc1cc(/C=C/C(=O)O)ccn1. The molecule has 0 aromatic carbocycles. The predicted octanol–water partition coefficient (Wildman–Crippen LogP) is 2.55. The van der Waals surface area contributed by atoms with Crippen molar-refractivity contribution in [2.75, 3.05) is 5.32 Å². The van der Waals surface area contributed by atoms with E-state index in [-0.39, 0.29) is 5.91 Å². The lowest BCUT2D eigenvalue weighted by Gasteiger charge is -2.06. The molecule has 2 N–H and O–H groups in total. The Morgan fingerprint density at radius 2 is 2.21 bits per heavy atom. The first-order valence-electron chi connectivity index (χ1n) is 6.14. The maximum Gasteiger partial charge on any atom is 0.328 e. The summed E-state index contributed by atoms with van der Waals surface area (Å²) in [6, 6.07) is 3.30. The fourth-order valence-electron chi connectivity index (χ4n) is 1.41. The normalized spacial score (nSPS) is 10.9. The van der Waals surface area contributed by atoms with Gasteiger partial charge in [-0.1, -0.05) is 13.8 Å². The first-order chi connectivity index (χ1) is 8.97. The number of carbonyl (C=O) groups excluding carboxylic acids is 1. The molecule has 0 unspecified atom stereocenters. The van der Waals surface area contributed by atoms with E-state index in [0.29, 0.717) is 23.7 Å². The summed E-state index contributed by atoms with van der Waals surface area (Å²) in [5, 5.41) is 11.2. The maximum absolute atomic E-state index is 11.6. The monoisotopic (exact) mass is 262 g/mol. The highest BCUT2D eigenvalue weighted by molar-refractivity contribution is 5.90. The van der Waals surface area contributed by atoms with E-state index in [9.17, 15) is 9.59 Å². The van der Waals surface area contributed by atoms with Gasteiger partial charge in [0.05, 0.1) is 0 Å². The molecular formula is C14H18N2O3. The Morgan fingerprint density at radius 1 is 1.47 bits per heavy atom. The van der Waals surface area contributed by atoms with Crippen LogP contribution in [0.1, 0.15) is 32.3 Å². The summed E-state index contributed by atoms with van der Waals surface area (Å²) < 4.78 is 0. The van der Waals surface area contributed by atoms with Crippen molar-refractivity contribution in [1.29, 1.82) is 0 Å². The van der Waals surface area contributed by atoms with Crippen molar-refractivity contribution in [3.63, 3.8) is 0 Å². The molecule has 0 aliphatic carbocycles. The van der Waals surface area contributed by atoms with Gasteiger partial charge in [0.1, 0.15) is 5.82 Å². The molecule has 0 bridgehead atoms. The third-order valence-electron chi connectivity index (χ3n) is 2.42. The molecule has 5 nitrogen and oxygen atoms in total. The fourth-order valence-corrected chi connectivity index (χ4v) is 1.41. The standard InChI is InChI=1S/C14H18N2O3/c1-10(2)3-5-13(17)16-12-9-11(7-8-15-12)4-6-14(18)19/h4,6-10H,3,5H2,1-2H3,(H,18,19)(H,15,16,17)/b6-4+. The number of carboxylic acids is 1. The quantitative estimate of drug-likeness (QED) is 0.772. The molecule has 5 heteroatoms. The van der Waals surface area contributed by atoms with Crippen molar-refractivity contribution in [1.82, 2.24) is 4.98 Å². The Labute approximate surface area is 112 Å². The lowest BCUT2D eigenvalue weighted by atomic mass is 10.1. The number of nitrogens with zero attached hydrogens (tertiary/aromatic N) is 1. The number of hydrogen-bond donors (Lipinski definition) is 2. The van der Waals surface area contributed by atoms with E-state index in [0.717, 1.165) is 12.5 Å². The number of anilines is 1. The van der Waals surface area contributed by atoms with Crippen molar-refractivity contribution >= 4 is 23.8 Å². The lowest BCUT2D eigenvalue weighted by molar-refractivity contribution is -0.131. The number of carboxylic acid groups (broad SMARTS) is 1. The largest absolute Gasteiger partial charge is 0.478 e. The first kappa shape index (κ1) is 14.9. The highest BCUT2D eigenvalue weighted by atomic mass is 16.4. The van der Waals surface area contributed by atoms with E-state index in [1.165, 1.54) is 12.3 Å². The van der Waals surface area contributed by atoms with Gasteiger partial charge in [0.25, 0.3) is 0 Å². The smallest absolute Gasteiger partial charge is 0.328 e. The molecule has 1 amide bonds. The minimum atomic E-state index is -1.01. The van der Waals surface area contributed by atoms with Gasteiger partial charge >= 0.3 is 5.97 Å². The van der Waals surface area contributed by atoms with Crippen LogP contribution in [0.5, 0.6) is 0 Å². The second-order valence-corrected chi connectivity index (χ2v) is 4.63. The van der Waals surface area contributed by atoms with Gasteiger partial charge in [-0.15, -0.1) is 0 Å². The lowest BCUT2D eigenvalue weighted by Crippen LogP contribution is -2.13. The summed E-state index contributed by atoms with van der Waals surface area (Å²) >= 11 is 0. The van der Waals surface area contributed by atoms with E-state index < -0.39 is 5.97 Å². The van der Waals surface area contributed by atoms with Crippen molar-refractivity contribution in [3.8, 4) is 0 Å². The van der Waals surface area contributed by atoms with E-state index in [1.54, 1.807) is 12.1 Å². The van der Waals surface area contributed by atoms with Crippen molar-refractivity contribution in [2.24, 2.45) is 5.92 Å². The molecule has 0 spiro atoms. The van der Waals surface area contributed by atoms with Gasteiger partial charge in [-0.3, -0.25) is 4.79 Å². The Bertz CT molecular complexity index is 481. The zero-order valence-electron chi connectivity index (χ0n) is 11.1. The molecule has 1 rings (SSSR count). The average molecular weight is 262 g/mol. The molecule has 19 heavy (non-hydrogen) atoms. The van der Waals surface area contributed by atoms with Crippen LogP contribution < -0.4 is 5.32 Å². The summed E-state index contributed by atoms with van der Waals surface area (Å²) in [5.41, 5.74) is 0.677. The second-order valence-electron chi connectivity index (χ2n) is 4.63. The van der Waals surface area contributed by atoms with Crippen LogP contribution in [-0.2, 0) is 9.59 Å². The predicted molar refractivity (Wildman–Crippen MR) is 73.6 cm³/mol. The van der Waals surface area contributed by atoms with Gasteiger partial charge in [-0.25, -0.2) is 9.78 Å². The van der Waals surface area contributed by atoms with Crippen LogP contribution in [0.2, 0.25) is 0 Å². The Kier molecular flexibility index (Phi) is 5.73. The number of nitrogens with one attached hydrogen (secondary N) is 1. The molecule has 0 aliphatic rings. The molecule has 0 fully saturated rings. The molecule has 1 aromatic heterocycles. The number of aromatic nitrogens is 1. The second kappa shape index (κ2) is 7.31. The topological polar surface area (TPSA) is 79.3 Å². The fraction of sp³-hybridized carbons (Fsp3) is 0.357. The summed E-state index contributed by atoms with van der Waals surface area (Å²) in [6.07, 6.45) is 5.30. The Balaban J connectivity index is 2.61. The molecule has 0 radical (unpaired) electrons. The third kappa shape index (κ3) is 6.35. The van der Waals surface area contributed by atoms with E-state index in [2.05, 4.69) is 24.1 Å². The van der Waals surface area contributed by atoms with E-state index >= 15 is 0 Å². The minimum Gasteiger partial charge on any atom is -0.478 e. The van der Waals surface area contributed by atoms with Crippen LogP contribution in [0.25, 0.3) is 6.08 Å². The molecule has 0 aliphatic heterocycles. The van der Waals surface area contributed by atoms with Crippen molar-refractivity contribution in [3.05, 3.63) is 30.0 Å². The number of hydrogen-bond acceptors (Lipinski definition) is 3. The summed E-state index contributed by atoms with van der Waals surface area (Å²) in [5.74, 6) is -0.190. The molecule has 0 saturated heterocycles. The average Bonchev–Trinajstić information content (AvgIpc) is 2.34. The number of aliphatic carboxylic acids is 1. The van der Waals surface area contributed by atoms with Gasteiger partial charge in [0.15, 0.2) is 0 Å². The van der Waals surface area contributed by atoms with E-state index in [1.807, 2.05) is 0 Å². The number of amides is 1. The molecule has 0 atom stereocenters. The van der Waals surface area contributed by atoms with Crippen LogP contribution in [0, 0.1) is 5.92 Å². The van der Waals surface area contributed by atoms with Crippen LogP contribution in [-0.4, -0.2) is 22.0 Å². The van der Waals surface area contributed by atoms with Crippen LogP contribution in [0.3, 0.4) is 0 Å². The minimum absolute atomic E-state index is 0.0828. The third-order valence-corrected chi connectivity index (χ3v) is 2.42. The van der Waals surface area contributed by atoms with E-state index in [4.69, 9.17) is 5.11 Å². The maximum atomic E-state index is 11.6.